The number of rotatable bonds is 4. The summed E-state index contributed by atoms with van der Waals surface area (Å²) in [6, 6.07) is 6.36. The Hall–Kier alpha value is -2.32. The Balaban J connectivity index is 1.77. The molecule has 1 N–H and O–H groups in total. The molecule has 8 heteroatoms. The Labute approximate surface area is 150 Å². The van der Waals surface area contributed by atoms with Crippen molar-refractivity contribution in [1.82, 2.24) is 9.97 Å². The van der Waals surface area contributed by atoms with E-state index in [1.165, 1.54) is 11.3 Å². The fourth-order valence-electron chi connectivity index (χ4n) is 2.37. The quantitative estimate of drug-likeness (QED) is 0.707. The molecular weight excluding hydrogens is 360 g/mol. The number of aromatic nitrogens is 2. The monoisotopic (exact) mass is 376 g/mol. The van der Waals surface area contributed by atoms with Gasteiger partial charge in [0.25, 0.3) is 5.56 Å². The van der Waals surface area contributed by atoms with Crippen LogP contribution >= 0.6 is 11.3 Å². The predicted octanol–water partition coefficient (Wildman–Crippen LogP) is 2.70. The zero-order chi connectivity index (χ0) is 18.1. The lowest BCUT2D eigenvalue weighted by atomic mass is 10.2. The van der Waals surface area contributed by atoms with Gasteiger partial charge in [0.15, 0.2) is 0 Å². The van der Waals surface area contributed by atoms with Crippen LogP contribution in [-0.2, 0) is 22.1 Å². The Kier molecular flexibility index (Phi) is 4.82. The molecule has 0 fully saturated rings. The van der Waals surface area contributed by atoms with Crippen LogP contribution in [-0.4, -0.2) is 26.4 Å². The SMILES string of the molecule is Cc1sc2nc(COC(=O)c3ccc(S(C)=O)cc3)[nH]c(=O)c2c1C. The van der Waals surface area contributed by atoms with Gasteiger partial charge in [0.1, 0.15) is 17.3 Å². The van der Waals surface area contributed by atoms with Gasteiger partial charge in [-0.1, -0.05) is 0 Å². The zero-order valence-electron chi connectivity index (χ0n) is 13.9. The number of esters is 1. The molecular formula is C17H16N2O4S2. The van der Waals surface area contributed by atoms with Crippen molar-refractivity contribution in [3.8, 4) is 0 Å². The third-order valence-electron chi connectivity index (χ3n) is 3.85. The van der Waals surface area contributed by atoms with Crippen LogP contribution in [0, 0.1) is 13.8 Å². The van der Waals surface area contributed by atoms with E-state index in [1.54, 1.807) is 30.5 Å². The molecule has 3 rings (SSSR count). The number of hydrogen-bond donors (Lipinski definition) is 1. The molecule has 25 heavy (non-hydrogen) atoms. The fourth-order valence-corrected chi connectivity index (χ4v) is 3.94. The topological polar surface area (TPSA) is 89.1 Å². The van der Waals surface area contributed by atoms with Gasteiger partial charge >= 0.3 is 5.97 Å². The number of nitrogens with zero attached hydrogens (tertiary/aromatic N) is 1. The van der Waals surface area contributed by atoms with E-state index in [2.05, 4.69) is 9.97 Å². The Morgan fingerprint density at radius 1 is 1.28 bits per heavy atom. The average Bonchev–Trinajstić information content (AvgIpc) is 2.87. The second-order valence-corrected chi connectivity index (χ2v) is 8.11. The minimum Gasteiger partial charge on any atom is -0.454 e. The summed E-state index contributed by atoms with van der Waals surface area (Å²) in [7, 11) is -1.10. The minimum absolute atomic E-state index is 0.124. The molecule has 2 aromatic heterocycles. The Bertz CT molecular complexity index is 1040. The summed E-state index contributed by atoms with van der Waals surface area (Å²) in [6.45, 7) is 3.70. The van der Waals surface area contributed by atoms with Crippen molar-refractivity contribution in [1.29, 1.82) is 0 Å². The summed E-state index contributed by atoms with van der Waals surface area (Å²) in [5.74, 6) is -0.229. The van der Waals surface area contributed by atoms with Crippen molar-refractivity contribution in [3.05, 3.63) is 56.4 Å². The number of thiophene rings is 1. The molecule has 1 unspecified atom stereocenters. The van der Waals surface area contributed by atoms with E-state index >= 15 is 0 Å². The molecule has 0 bridgehead atoms. The summed E-state index contributed by atoms with van der Waals surface area (Å²) < 4.78 is 16.6. The first-order valence-electron chi connectivity index (χ1n) is 7.46. The summed E-state index contributed by atoms with van der Waals surface area (Å²) in [6.07, 6.45) is 1.57. The van der Waals surface area contributed by atoms with Gasteiger partial charge in [0, 0.05) is 26.8 Å². The van der Waals surface area contributed by atoms with Crippen molar-refractivity contribution >= 4 is 38.3 Å². The predicted molar refractivity (Wildman–Crippen MR) is 97.6 cm³/mol. The molecule has 3 aromatic rings. The Morgan fingerprint density at radius 3 is 2.60 bits per heavy atom. The van der Waals surface area contributed by atoms with Crippen molar-refractivity contribution in [2.24, 2.45) is 0 Å². The molecule has 0 radical (unpaired) electrons. The molecule has 0 aliphatic rings. The number of carbonyl (C=O) groups is 1. The highest BCUT2D eigenvalue weighted by atomic mass is 32.2. The van der Waals surface area contributed by atoms with Crippen LogP contribution in [0.4, 0.5) is 0 Å². The fraction of sp³-hybridized carbons (Fsp3) is 0.235. The number of aromatic amines is 1. The van der Waals surface area contributed by atoms with Crippen LogP contribution in [0.1, 0.15) is 26.6 Å². The van der Waals surface area contributed by atoms with E-state index in [9.17, 15) is 13.8 Å². The van der Waals surface area contributed by atoms with E-state index < -0.39 is 16.8 Å². The number of carbonyl (C=O) groups excluding carboxylic acids is 1. The van der Waals surface area contributed by atoms with Gasteiger partial charge in [-0.05, 0) is 43.7 Å². The number of benzene rings is 1. The molecule has 0 aliphatic heterocycles. The number of aryl methyl sites for hydroxylation is 2. The minimum atomic E-state index is -1.10. The van der Waals surface area contributed by atoms with Crippen LogP contribution in [0.3, 0.4) is 0 Å². The van der Waals surface area contributed by atoms with Gasteiger partial charge in [0.05, 0.1) is 10.9 Å². The highest BCUT2D eigenvalue weighted by molar-refractivity contribution is 7.84. The highest BCUT2D eigenvalue weighted by Crippen LogP contribution is 2.25. The molecule has 2 heterocycles. The van der Waals surface area contributed by atoms with Gasteiger partial charge in [-0.25, -0.2) is 9.78 Å². The lowest BCUT2D eigenvalue weighted by Crippen LogP contribution is -2.14. The number of fused-ring (bicyclic) bond motifs is 1. The van der Waals surface area contributed by atoms with Crippen molar-refractivity contribution < 1.29 is 13.7 Å². The van der Waals surface area contributed by atoms with E-state index in [0.717, 1.165) is 10.4 Å². The number of ether oxygens (including phenoxy) is 1. The molecule has 0 aliphatic carbocycles. The summed E-state index contributed by atoms with van der Waals surface area (Å²) in [5.41, 5.74) is 1.04. The first kappa shape index (κ1) is 17.5. The van der Waals surface area contributed by atoms with Gasteiger partial charge in [-0.15, -0.1) is 11.3 Å². The standard InChI is InChI=1S/C17H16N2O4S2/c1-9-10(2)24-16-14(9)15(20)18-13(19-16)8-23-17(21)11-4-6-12(7-5-11)25(3)22/h4-7H,8H2,1-3H3,(H,18,19,20). The van der Waals surface area contributed by atoms with Crippen LogP contribution in [0.15, 0.2) is 34.0 Å². The molecule has 130 valence electrons. The number of H-pyrrole nitrogens is 1. The van der Waals surface area contributed by atoms with Crippen LogP contribution in [0.25, 0.3) is 10.2 Å². The summed E-state index contributed by atoms with van der Waals surface area (Å²) >= 11 is 1.44. The van der Waals surface area contributed by atoms with E-state index in [0.29, 0.717) is 26.5 Å². The second-order valence-electron chi connectivity index (χ2n) is 5.53. The van der Waals surface area contributed by atoms with Crippen molar-refractivity contribution in [2.75, 3.05) is 6.26 Å². The van der Waals surface area contributed by atoms with Crippen molar-refractivity contribution in [3.63, 3.8) is 0 Å². The van der Waals surface area contributed by atoms with E-state index in [1.807, 2.05) is 13.8 Å². The molecule has 0 amide bonds. The van der Waals surface area contributed by atoms with E-state index in [-0.39, 0.29) is 12.2 Å². The molecule has 0 saturated carbocycles. The average molecular weight is 376 g/mol. The molecule has 1 atom stereocenters. The van der Waals surface area contributed by atoms with Gasteiger partial charge in [-0.3, -0.25) is 9.00 Å². The maximum atomic E-state index is 12.2. The van der Waals surface area contributed by atoms with Crippen molar-refractivity contribution in [2.45, 2.75) is 25.3 Å². The number of hydrogen-bond acceptors (Lipinski definition) is 6. The largest absolute Gasteiger partial charge is 0.454 e. The second kappa shape index (κ2) is 6.89. The molecule has 1 aromatic carbocycles. The first-order chi connectivity index (χ1) is 11.9. The number of nitrogens with one attached hydrogen (secondary N) is 1. The van der Waals surface area contributed by atoms with Crippen LogP contribution in [0.2, 0.25) is 0 Å². The van der Waals surface area contributed by atoms with Gasteiger partial charge in [0.2, 0.25) is 0 Å². The summed E-state index contributed by atoms with van der Waals surface area (Å²) in [4.78, 5) is 33.6. The lowest BCUT2D eigenvalue weighted by molar-refractivity contribution is 0.0462. The maximum Gasteiger partial charge on any atom is 0.338 e. The molecule has 0 saturated heterocycles. The maximum absolute atomic E-state index is 12.2. The Morgan fingerprint density at radius 2 is 1.96 bits per heavy atom. The summed E-state index contributed by atoms with van der Waals surface area (Å²) in [5, 5.41) is 0.584. The van der Waals surface area contributed by atoms with E-state index in [4.69, 9.17) is 4.74 Å². The third-order valence-corrected chi connectivity index (χ3v) is 5.89. The smallest absolute Gasteiger partial charge is 0.338 e. The molecule has 0 spiro atoms. The zero-order valence-corrected chi connectivity index (χ0v) is 15.5. The molecule has 6 nitrogen and oxygen atoms in total. The highest BCUT2D eigenvalue weighted by Gasteiger charge is 2.13. The van der Waals surface area contributed by atoms with Crippen LogP contribution in [0.5, 0.6) is 0 Å². The van der Waals surface area contributed by atoms with Gasteiger partial charge < -0.3 is 9.72 Å². The van der Waals surface area contributed by atoms with Crippen LogP contribution < -0.4 is 5.56 Å². The lowest BCUT2D eigenvalue weighted by Gasteiger charge is -2.05. The van der Waals surface area contributed by atoms with Gasteiger partial charge in [-0.2, -0.15) is 0 Å². The first-order valence-corrected chi connectivity index (χ1v) is 9.84. The third kappa shape index (κ3) is 3.54. The normalized spacial score (nSPS) is 12.3.